The lowest BCUT2D eigenvalue weighted by Crippen LogP contribution is -2.36. The van der Waals surface area contributed by atoms with Crippen molar-refractivity contribution in [2.45, 2.75) is 0 Å². The van der Waals surface area contributed by atoms with Gasteiger partial charge in [-0.25, -0.2) is 0 Å². The third-order valence-corrected chi connectivity index (χ3v) is 5.30. The number of rotatable bonds is 9. The van der Waals surface area contributed by atoms with Gasteiger partial charge in [-0.3, -0.25) is 19.3 Å². The zero-order valence-corrected chi connectivity index (χ0v) is 18.4. The van der Waals surface area contributed by atoms with E-state index in [9.17, 15) is 14.4 Å². The van der Waals surface area contributed by atoms with E-state index in [4.69, 9.17) is 14.2 Å². The number of carbonyl (C=O) groups excluding carboxylic acids is 3. The summed E-state index contributed by atoms with van der Waals surface area (Å²) in [4.78, 5) is 38.5. The van der Waals surface area contributed by atoms with Crippen LogP contribution < -0.4 is 19.5 Å². The minimum atomic E-state index is -0.532. The van der Waals surface area contributed by atoms with Gasteiger partial charge >= 0.3 is 0 Å². The molecule has 0 spiro atoms. The Morgan fingerprint density at radius 3 is 2.50 bits per heavy atom. The zero-order valence-electron chi connectivity index (χ0n) is 17.6. The van der Waals surface area contributed by atoms with Crippen LogP contribution in [0.25, 0.3) is 6.08 Å². The maximum atomic E-state index is 12.7. The molecule has 2 aromatic rings. The SMILES string of the molecule is C=CCOc1ccc(/C=C2/SC(=O)N(CC(=O)Nc3ccc(OC)cc3)C2=O)cc1OC. The average Bonchev–Trinajstić information content (AvgIpc) is 3.05. The quantitative estimate of drug-likeness (QED) is 0.453. The van der Waals surface area contributed by atoms with Crippen LogP contribution >= 0.6 is 11.8 Å². The van der Waals surface area contributed by atoms with E-state index in [0.717, 1.165) is 16.7 Å². The third-order valence-electron chi connectivity index (χ3n) is 4.39. The van der Waals surface area contributed by atoms with Crippen molar-refractivity contribution in [3.05, 3.63) is 65.6 Å². The smallest absolute Gasteiger partial charge is 0.294 e. The fraction of sp³-hybridized carbons (Fsp3) is 0.174. The summed E-state index contributed by atoms with van der Waals surface area (Å²) in [6, 6.07) is 11.9. The lowest BCUT2D eigenvalue weighted by Gasteiger charge is -2.12. The molecule has 2 aromatic carbocycles. The Kier molecular flexibility index (Phi) is 7.56. The molecule has 3 amide bonds. The predicted octanol–water partition coefficient (Wildman–Crippen LogP) is 3.94. The van der Waals surface area contributed by atoms with Crippen molar-refractivity contribution in [2.75, 3.05) is 32.7 Å². The summed E-state index contributed by atoms with van der Waals surface area (Å²) in [7, 11) is 3.05. The maximum Gasteiger partial charge on any atom is 0.294 e. The van der Waals surface area contributed by atoms with E-state index in [-0.39, 0.29) is 11.4 Å². The van der Waals surface area contributed by atoms with Crippen molar-refractivity contribution in [3.8, 4) is 17.2 Å². The van der Waals surface area contributed by atoms with Gasteiger partial charge in [-0.2, -0.15) is 0 Å². The van der Waals surface area contributed by atoms with Crippen molar-refractivity contribution in [3.63, 3.8) is 0 Å². The minimum Gasteiger partial charge on any atom is -0.497 e. The van der Waals surface area contributed by atoms with Crippen LogP contribution in [0.2, 0.25) is 0 Å². The van der Waals surface area contributed by atoms with Gasteiger partial charge in [0.15, 0.2) is 11.5 Å². The summed E-state index contributed by atoms with van der Waals surface area (Å²) < 4.78 is 15.9. The van der Waals surface area contributed by atoms with E-state index >= 15 is 0 Å². The Balaban J connectivity index is 1.68. The van der Waals surface area contributed by atoms with E-state index in [1.807, 2.05) is 0 Å². The van der Waals surface area contributed by atoms with Crippen LogP contribution in [0, 0.1) is 0 Å². The fourth-order valence-corrected chi connectivity index (χ4v) is 3.69. The summed E-state index contributed by atoms with van der Waals surface area (Å²) in [5.41, 5.74) is 1.19. The molecular weight excluding hydrogens is 432 g/mol. The van der Waals surface area contributed by atoms with Crippen LogP contribution in [0.4, 0.5) is 10.5 Å². The molecule has 166 valence electrons. The minimum absolute atomic E-state index is 0.217. The van der Waals surface area contributed by atoms with Gasteiger partial charge in [0.2, 0.25) is 5.91 Å². The summed E-state index contributed by atoms with van der Waals surface area (Å²) in [6.45, 7) is 3.55. The molecule has 0 aliphatic carbocycles. The first-order valence-electron chi connectivity index (χ1n) is 9.56. The zero-order chi connectivity index (χ0) is 23.1. The normalized spacial score (nSPS) is 14.4. The Labute approximate surface area is 189 Å². The first-order chi connectivity index (χ1) is 15.4. The van der Waals surface area contributed by atoms with E-state index in [2.05, 4.69) is 11.9 Å². The van der Waals surface area contributed by atoms with Crippen LogP contribution in [0.3, 0.4) is 0 Å². The Morgan fingerprint density at radius 2 is 1.84 bits per heavy atom. The van der Waals surface area contributed by atoms with Crippen LogP contribution in [0.15, 0.2) is 60.0 Å². The molecule has 1 fully saturated rings. The molecule has 1 saturated heterocycles. The molecule has 1 aliphatic heterocycles. The maximum absolute atomic E-state index is 12.7. The van der Waals surface area contributed by atoms with Gasteiger partial charge in [0.1, 0.15) is 18.9 Å². The number of methoxy groups -OCH3 is 2. The van der Waals surface area contributed by atoms with Crippen molar-refractivity contribution in [1.82, 2.24) is 4.90 Å². The highest BCUT2D eigenvalue weighted by atomic mass is 32.2. The number of imide groups is 1. The van der Waals surface area contributed by atoms with E-state index in [1.54, 1.807) is 61.7 Å². The largest absolute Gasteiger partial charge is 0.497 e. The molecule has 1 heterocycles. The Bertz CT molecular complexity index is 1060. The first-order valence-corrected chi connectivity index (χ1v) is 10.4. The highest BCUT2D eigenvalue weighted by Crippen LogP contribution is 2.34. The molecule has 0 unspecified atom stereocenters. The van der Waals surface area contributed by atoms with E-state index in [1.165, 1.54) is 7.11 Å². The van der Waals surface area contributed by atoms with Gasteiger partial charge in [0.05, 0.1) is 19.1 Å². The number of hydrogen-bond acceptors (Lipinski definition) is 7. The second kappa shape index (κ2) is 10.5. The van der Waals surface area contributed by atoms with Gasteiger partial charge in [-0.15, -0.1) is 0 Å². The highest BCUT2D eigenvalue weighted by molar-refractivity contribution is 8.18. The number of hydrogen-bond donors (Lipinski definition) is 1. The molecule has 0 radical (unpaired) electrons. The molecule has 3 rings (SSSR count). The topological polar surface area (TPSA) is 94.2 Å². The van der Waals surface area contributed by atoms with Crippen LogP contribution in [-0.4, -0.2) is 49.3 Å². The average molecular weight is 455 g/mol. The van der Waals surface area contributed by atoms with Gasteiger partial charge in [-0.05, 0) is 59.8 Å². The molecule has 0 aromatic heterocycles. The lowest BCUT2D eigenvalue weighted by atomic mass is 10.2. The number of nitrogens with zero attached hydrogens (tertiary/aromatic N) is 1. The third kappa shape index (κ3) is 5.50. The number of anilines is 1. The van der Waals surface area contributed by atoms with Crippen LogP contribution in [0.1, 0.15) is 5.56 Å². The number of carbonyl (C=O) groups is 3. The van der Waals surface area contributed by atoms with Crippen molar-refractivity contribution < 1.29 is 28.6 Å². The van der Waals surface area contributed by atoms with Gasteiger partial charge < -0.3 is 19.5 Å². The molecule has 0 saturated carbocycles. The second-order valence-corrected chi connectivity index (χ2v) is 7.55. The number of benzene rings is 2. The number of ether oxygens (including phenoxy) is 3. The summed E-state index contributed by atoms with van der Waals surface area (Å²) in [6.07, 6.45) is 3.19. The number of amides is 3. The summed E-state index contributed by atoms with van der Waals surface area (Å²) in [5.74, 6) is 0.655. The molecular formula is C23H22N2O6S. The Hall–Kier alpha value is -3.72. The van der Waals surface area contributed by atoms with E-state index in [0.29, 0.717) is 35.1 Å². The van der Waals surface area contributed by atoms with Crippen molar-refractivity contribution >= 4 is 40.6 Å². The van der Waals surface area contributed by atoms with E-state index < -0.39 is 17.1 Å². The Morgan fingerprint density at radius 1 is 1.09 bits per heavy atom. The lowest BCUT2D eigenvalue weighted by molar-refractivity contribution is -0.127. The molecule has 9 heteroatoms. The predicted molar refractivity (Wildman–Crippen MR) is 123 cm³/mol. The highest BCUT2D eigenvalue weighted by Gasteiger charge is 2.36. The second-order valence-electron chi connectivity index (χ2n) is 6.55. The number of thioether (sulfide) groups is 1. The van der Waals surface area contributed by atoms with Crippen LogP contribution in [0.5, 0.6) is 17.2 Å². The summed E-state index contributed by atoms with van der Waals surface area (Å²) in [5, 5.41) is 2.15. The van der Waals surface area contributed by atoms with Gasteiger partial charge in [0, 0.05) is 5.69 Å². The molecule has 1 aliphatic rings. The van der Waals surface area contributed by atoms with Gasteiger partial charge in [0.25, 0.3) is 11.1 Å². The molecule has 8 nitrogen and oxygen atoms in total. The molecule has 0 bridgehead atoms. The molecule has 32 heavy (non-hydrogen) atoms. The summed E-state index contributed by atoms with van der Waals surface area (Å²) >= 11 is 0.778. The first kappa shape index (κ1) is 23.0. The standard InChI is InChI=1S/C23H22N2O6S/c1-4-11-31-18-10-5-15(12-19(18)30-3)13-20-22(27)25(23(28)32-20)14-21(26)24-16-6-8-17(29-2)9-7-16/h4-10,12-13H,1,11,14H2,2-3H3,(H,24,26)/b20-13+. The number of nitrogens with one attached hydrogen (secondary N) is 1. The molecule has 1 N–H and O–H groups in total. The van der Waals surface area contributed by atoms with Gasteiger partial charge in [-0.1, -0.05) is 18.7 Å². The molecule has 0 atom stereocenters. The monoisotopic (exact) mass is 454 g/mol. The van der Waals surface area contributed by atoms with Crippen molar-refractivity contribution in [1.29, 1.82) is 0 Å². The fourth-order valence-electron chi connectivity index (χ4n) is 2.85. The van der Waals surface area contributed by atoms with Crippen molar-refractivity contribution in [2.24, 2.45) is 0 Å². The van der Waals surface area contributed by atoms with Crippen LogP contribution in [-0.2, 0) is 9.59 Å².